The van der Waals surface area contributed by atoms with Gasteiger partial charge >= 0.3 is 5.97 Å². The zero-order chi connectivity index (χ0) is 51.3. The van der Waals surface area contributed by atoms with E-state index in [9.17, 15) is 48.3 Å². The van der Waals surface area contributed by atoms with Crippen LogP contribution in [0.2, 0.25) is 0 Å². The first-order valence-electron chi connectivity index (χ1n) is 24.1. The number of aromatic nitrogens is 2. The van der Waals surface area contributed by atoms with Crippen molar-refractivity contribution in [1.29, 1.82) is 0 Å². The summed E-state index contributed by atoms with van der Waals surface area (Å²) in [6, 6.07) is 10.5. The van der Waals surface area contributed by atoms with E-state index in [1.807, 2.05) is 0 Å². The van der Waals surface area contributed by atoms with E-state index < -0.39 is 65.7 Å². The van der Waals surface area contributed by atoms with Gasteiger partial charge in [0.05, 0.1) is 48.6 Å². The van der Waals surface area contributed by atoms with Gasteiger partial charge in [-0.2, -0.15) is 0 Å². The van der Waals surface area contributed by atoms with Crippen molar-refractivity contribution in [3.63, 3.8) is 0 Å². The monoisotopic (exact) mass is 989 g/mol. The SMILES string of the molecule is CC[C@@]1(O)C(=O)OCc2c1cc1n(c2=O)Cc2c-1nc1cc(F)c(C)c3c1c2[C@@H](NCCNC(=O)CNC(=O)C(Cc1ccccc1)NC(=O)CNC(=O)CNC(=O)CCCCCN1C(=O)C=CC1=O)CC3. The molecule has 0 saturated heterocycles. The summed E-state index contributed by atoms with van der Waals surface area (Å²) < 4.78 is 22.2. The van der Waals surface area contributed by atoms with E-state index in [4.69, 9.17) is 9.72 Å². The molecule has 7 amide bonds. The molecule has 0 bridgehead atoms. The number of nitrogens with zero attached hydrogens (tertiary/aromatic N) is 3. The number of carbonyl (C=O) groups is 8. The first kappa shape index (κ1) is 50.7. The highest BCUT2D eigenvalue weighted by Gasteiger charge is 2.46. The Hall–Kier alpha value is -7.65. The van der Waals surface area contributed by atoms with Crippen LogP contribution in [-0.4, -0.2) is 112 Å². The van der Waals surface area contributed by atoms with Crippen LogP contribution in [0.25, 0.3) is 22.3 Å². The number of rotatable bonds is 21. The minimum absolute atomic E-state index is 0.0179. The van der Waals surface area contributed by atoms with Crippen LogP contribution >= 0.6 is 0 Å². The fourth-order valence-electron chi connectivity index (χ4n) is 9.76. The number of aryl methyl sites for hydroxylation is 1. The maximum absolute atomic E-state index is 15.4. The number of hydrogen-bond donors (Lipinski definition) is 7. The van der Waals surface area contributed by atoms with Crippen molar-refractivity contribution in [2.24, 2.45) is 0 Å². The summed E-state index contributed by atoms with van der Waals surface area (Å²) >= 11 is 0. The number of cyclic esters (lactones) is 1. The number of benzene rings is 2. The van der Waals surface area contributed by atoms with Crippen LogP contribution in [-0.2, 0) is 74.7 Å². The normalized spacial score (nSPS) is 17.7. The number of amides is 7. The Bertz CT molecular complexity index is 2960. The molecule has 0 spiro atoms. The number of esters is 1. The molecule has 20 nitrogen and oxygen atoms in total. The molecule has 1 aliphatic carbocycles. The topological polar surface area (TPSA) is 276 Å². The molecule has 8 rings (SSSR count). The molecule has 7 N–H and O–H groups in total. The average Bonchev–Trinajstić information content (AvgIpc) is 3.91. The number of unbranched alkanes of at least 4 members (excludes halogenated alkanes) is 2. The maximum Gasteiger partial charge on any atom is 0.343 e. The molecular formula is C51H56FN9O11. The van der Waals surface area contributed by atoms with Crippen LogP contribution < -0.4 is 37.5 Å². The fourth-order valence-corrected chi connectivity index (χ4v) is 9.76. The van der Waals surface area contributed by atoms with Gasteiger partial charge in [0.2, 0.25) is 29.5 Å². The summed E-state index contributed by atoms with van der Waals surface area (Å²) in [4.78, 5) is 120. The standard InChI is InChI=1S/C51H56FN9O11/c1-3-51(71)33-21-38-47-31(26-61(38)49(69)32(33)27-72-50(51)70)46-35(14-13-30-28(2)34(52)22-36(59-47)45(30)46)53-17-18-54-40(63)24-57-48(68)37(20-29-10-6-4-7-11-29)58-42(65)25-56-41(64)23-55-39(62)12-8-5-9-19-60-43(66)15-16-44(60)67/h4,6-7,10-11,15-16,21-22,35,37,53,71H,3,5,8-9,12-14,17-20,23-27H2,1-2H3,(H,54,63)(H,55,62)(H,56,64)(H,57,68)(H,58,65)/t35-,37?,51-/m0/s1. The number of fused-ring (bicyclic) bond motifs is 5. The Kier molecular flexibility index (Phi) is 15.3. The second kappa shape index (κ2) is 21.8. The number of ether oxygens (including phenoxy) is 1. The molecule has 5 heterocycles. The molecule has 4 aliphatic rings. The number of hydrogen-bond acceptors (Lipinski definition) is 13. The van der Waals surface area contributed by atoms with Crippen molar-refractivity contribution in [2.75, 3.05) is 39.3 Å². The minimum atomic E-state index is -2.01. The lowest BCUT2D eigenvalue weighted by atomic mass is 9.81. The number of imide groups is 1. The van der Waals surface area contributed by atoms with E-state index in [0.717, 1.165) is 32.5 Å². The molecule has 0 saturated carbocycles. The van der Waals surface area contributed by atoms with Crippen LogP contribution in [0.3, 0.4) is 0 Å². The quantitative estimate of drug-likeness (QED) is 0.0305. The third-order valence-electron chi connectivity index (χ3n) is 13.7. The Balaban J connectivity index is 0.829. The molecule has 21 heteroatoms. The number of aliphatic hydroxyl groups is 1. The largest absolute Gasteiger partial charge is 0.458 e. The number of nitrogens with one attached hydrogen (secondary N) is 6. The van der Waals surface area contributed by atoms with Crippen molar-refractivity contribution < 1.29 is 52.6 Å². The van der Waals surface area contributed by atoms with Gasteiger partial charge < -0.3 is 46.3 Å². The summed E-state index contributed by atoms with van der Waals surface area (Å²) in [6.07, 6.45) is 5.30. The van der Waals surface area contributed by atoms with E-state index in [0.29, 0.717) is 54.6 Å². The highest BCUT2D eigenvalue weighted by Crippen LogP contribution is 2.46. The Morgan fingerprint density at radius 1 is 0.861 bits per heavy atom. The van der Waals surface area contributed by atoms with Gasteiger partial charge in [-0.05, 0) is 67.3 Å². The molecule has 2 aromatic heterocycles. The van der Waals surface area contributed by atoms with Gasteiger partial charge in [0, 0.05) is 73.2 Å². The zero-order valence-electron chi connectivity index (χ0n) is 39.9. The lowest BCUT2D eigenvalue weighted by molar-refractivity contribution is -0.172. The molecule has 2 aromatic carbocycles. The third-order valence-corrected chi connectivity index (χ3v) is 13.7. The zero-order valence-corrected chi connectivity index (χ0v) is 39.9. The molecule has 4 aromatic rings. The molecule has 3 atom stereocenters. The molecule has 3 aliphatic heterocycles. The Morgan fingerprint density at radius 3 is 2.32 bits per heavy atom. The van der Waals surface area contributed by atoms with Gasteiger partial charge in [-0.15, -0.1) is 0 Å². The molecule has 72 heavy (non-hydrogen) atoms. The van der Waals surface area contributed by atoms with Crippen molar-refractivity contribution in [1.82, 2.24) is 46.4 Å². The highest BCUT2D eigenvalue weighted by atomic mass is 19.1. The molecule has 0 radical (unpaired) electrons. The first-order chi connectivity index (χ1) is 34.6. The van der Waals surface area contributed by atoms with E-state index in [1.54, 1.807) is 54.8 Å². The molecular weight excluding hydrogens is 934 g/mol. The van der Waals surface area contributed by atoms with Crippen molar-refractivity contribution in [2.45, 2.75) is 96.1 Å². The number of pyridine rings is 2. The van der Waals surface area contributed by atoms with Gasteiger partial charge in [0.1, 0.15) is 18.5 Å². The molecule has 378 valence electrons. The first-order valence-corrected chi connectivity index (χ1v) is 24.1. The van der Waals surface area contributed by atoms with Gasteiger partial charge in [-0.3, -0.25) is 43.3 Å². The van der Waals surface area contributed by atoms with Crippen LogP contribution in [0.4, 0.5) is 4.39 Å². The predicted molar refractivity (Wildman–Crippen MR) is 257 cm³/mol. The van der Waals surface area contributed by atoms with E-state index in [1.165, 1.54) is 18.2 Å². The fraction of sp³-hybridized carbons (Fsp3) is 0.412. The lowest BCUT2D eigenvalue weighted by Crippen LogP contribution is -2.52. The second-order valence-corrected chi connectivity index (χ2v) is 18.3. The van der Waals surface area contributed by atoms with E-state index in [2.05, 4.69) is 31.9 Å². The molecule has 1 unspecified atom stereocenters. The average molecular weight is 990 g/mol. The van der Waals surface area contributed by atoms with Crippen LogP contribution in [0.1, 0.15) is 90.4 Å². The summed E-state index contributed by atoms with van der Waals surface area (Å²) in [5.41, 5.74) is 2.83. The van der Waals surface area contributed by atoms with Gasteiger partial charge in [-0.25, -0.2) is 14.2 Å². The number of halogens is 1. The lowest BCUT2D eigenvalue weighted by Gasteiger charge is -2.31. The van der Waals surface area contributed by atoms with E-state index in [-0.39, 0.29) is 93.5 Å². The third kappa shape index (κ3) is 10.7. The van der Waals surface area contributed by atoms with Gasteiger partial charge in [0.25, 0.3) is 17.4 Å². The van der Waals surface area contributed by atoms with Crippen LogP contribution in [0.5, 0.6) is 0 Å². The predicted octanol–water partition coefficient (Wildman–Crippen LogP) is 0.782. The smallest absolute Gasteiger partial charge is 0.343 e. The second-order valence-electron chi connectivity index (χ2n) is 18.3. The summed E-state index contributed by atoms with van der Waals surface area (Å²) in [5.74, 6) is -4.82. The summed E-state index contributed by atoms with van der Waals surface area (Å²) in [6.45, 7) is 2.63. The summed E-state index contributed by atoms with van der Waals surface area (Å²) in [5, 5.41) is 28.6. The maximum atomic E-state index is 15.4. The van der Waals surface area contributed by atoms with Gasteiger partial charge in [0.15, 0.2) is 5.60 Å². The highest BCUT2D eigenvalue weighted by molar-refractivity contribution is 6.12. The number of carbonyl (C=O) groups excluding carboxylic acids is 8. The van der Waals surface area contributed by atoms with Crippen molar-refractivity contribution >= 4 is 58.2 Å². The Morgan fingerprint density at radius 2 is 1.57 bits per heavy atom. The van der Waals surface area contributed by atoms with Gasteiger partial charge in [-0.1, -0.05) is 43.7 Å². The van der Waals surface area contributed by atoms with Crippen molar-refractivity contribution in [3.05, 3.63) is 110 Å². The van der Waals surface area contributed by atoms with Crippen LogP contribution in [0, 0.1) is 12.7 Å². The minimum Gasteiger partial charge on any atom is -0.458 e. The van der Waals surface area contributed by atoms with Crippen molar-refractivity contribution in [3.8, 4) is 11.4 Å². The Labute approximate surface area is 412 Å². The van der Waals surface area contributed by atoms with Crippen LogP contribution in [0.15, 0.2) is 59.4 Å². The summed E-state index contributed by atoms with van der Waals surface area (Å²) in [7, 11) is 0. The van der Waals surface area contributed by atoms with E-state index >= 15 is 4.39 Å². The molecule has 0 fully saturated rings.